The zero-order chi connectivity index (χ0) is 12.7. The van der Waals surface area contributed by atoms with Gasteiger partial charge in [-0.25, -0.2) is 0 Å². The van der Waals surface area contributed by atoms with E-state index in [0.29, 0.717) is 0 Å². The normalized spacial score (nSPS) is 27.4. The quantitative estimate of drug-likeness (QED) is 0.861. The SMILES string of the molecule is C[C@H](C(=O)O)c1ccc2c(c1)C[C@@H]1CCCC[C@H]21. The number of carboxylic acid groups (broad SMARTS) is 1. The van der Waals surface area contributed by atoms with E-state index in [4.69, 9.17) is 5.11 Å². The number of rotatable bonds is 2. The van der Waals surface area contributed by atoms with E-state index in [9.17, 15) is 4.79 Å². The zero-order valence-electron chi connectivity index (χ0n) is 10.9. The van der Waals surface area contributed by atoms with Crippen molar-refractivity contribution >= 4 is 5.97 Å². The summed E-state index contributed by atoms with van der Waals surface area (Å²) in [6.07, 6.45) is 6.57. The Morgan fingerprint density at radius 1 is 1.33 bits per heavy atom. The highest BCUT2D eigenvalue weighted by molar-refractivity contribution is 5.75. The summed E-state index contributed by atoms with van der Waals surface area (Å²) in [5.74, 6) is 0.454. The van der Waals surface area contributed by atoms with Gasteiger partial charge in [-0.2, -0.15) is 0 Å². The number of hydrogen-bond donors (Lipinski definition) is 1. The van der Waals surface area contributed by atoms with Crippen LogP contribution in [-0.2, 0) is 11.2 Å². The van der Waals surface area contributed by atoms with Crippen molar-refractivity contribution in [2.45, 2.75) is 50.9 Å². The van der Waals surface area contributed by atoms with Crippen molar-refractivity contribution in [1.29, 1.82) is 0 Å². The molecule has 18 heavy (non-hydrogen) atoms. The van der Waals surface area contributed by atoms with E-state index in [1.54, 1.807) is 6.92 Å². The van der Waals surface area contributed by atoms with Gasteiger partial charge >= 0.3 is 5.97 Å². The van der Waals surface area contributed by atoms with Gasteiger partial charge in [-0.3, -0.25) is 4.79 Å². The third-order valence-corrected chi connectivity index (χ3v) is 4.83. The van der Waals surface area contributed by atoms with Crippen LogP contribution in [0.15, 0.2) is 18.2 Å². The third kappa shape index (κ3) is 1.84. The fraction of sp³-hybridized carbons (Fsp3) is 0.562. The molecule has 0 aliphatic heterocycles. The fourth-order valence-corrected chi connectivity index (χ4v) is 3.72. The molecule has 1 aromatic carbocycles. The molecule has 0 amide bonds. The largest absolute Gasteiger partial charge is 0.481 e. The second kappa shape index (κ2) is 4.42. The van der Waals surface area contributed by atoms with Gasteiger partial charge in [-0.05, 0) is 54.7 Å². The second-order valence-corrected chi connectivity index (χ2v) is 5.87. The standard InChI is InChI=1S/C16H20O2/c1-10(16(17)18)11-6-7-15-13(8-11)9-12-4-2-3-5-14(12)15/h6-8,10,12,14H,2-5,9H2,1H3,(H,17,18)/t10-,12-,14-/m0/s1. The van der Waals surface area contributed by atoms with E-state index < -0.39 is 11.9 Å². The molecule has 2 nitrogen and oxygen atoms in total. The van der Waals surface area contributed by atoms with Crippen LogP contribution in [0.1, 0.15) is 61.1 Å². The van der Waals surface area contributed by atoms with Crippen LogP contribution in [0, 0.1) is 5.92 Å². The molecule has 1 fully saturated rings. The predicted octanol–water partition coefficient (Wildman–Crippen LogP) is 3.70. The molecule has 0 unspecified atom stereocenters. The number of benzene rings is 1. The highest BCUT2D eigenvalue weighted by Crippen LogP contribution is 2.46. The van der Waals surface area contributed by atoms with Crippen molar-refractivity contribution in [1.82, 2.24) is 0 Å². The molecule has 0 saturated heterocycles. The van der Waals surface area contributed by atoms with Crippen molar-refractivity contribution in [2.24, 2.45) is 5.92 Å². The third-order valence-electron chi connectivity index (χ3n) is 4.83. The lowest BCUT2D eigenvalue weighted by Crippen LogP contribution is -2.12. The van der Waals surface area contributed by atoms with Crippen LogP contribution in [0.3, 0.4) is 0 Å². The number of aliphatic carboxylic acids is 1. The van der Waals surface area contributed by atoms with Gasteiger partial charge in [-0.1, -0.05) is 31.0 Å². The van der Waals surface area contributed by atoms with Gasteiger partial charge in [0.15, 0.2) is 0 Å². The van der Waals surface area contributed by atoms with E-state index >= 15 is 0 Å². The highest BCUT2D eigenvalue weighted by Gasteiger charge is 2.34. The first kappa shape index (κ1) is 11.8. The van der Waals surface area contributed by atoms with Gasteiger partial charge in [-0.15, -0.1) is 0 Å². The van der Waals surface area contributed by atoms with Crippen LogP contribution < -0.4 is 0 Å². The molecule has 3 atom stereocenters. The van der Waals surface area contributed by atoms with Gasteiger partial charge in [0, 0.05) is 0 Å². The minimum Gasteiger partial charge on any atom is -0.481 e. The summed E-state index contributed by atoms with van der Waals surface area (Å²) in [6.45, 7) is 1.77. The number of carbonyl (C=O) groups is 1. The van der Waals surface area contributed by atoms with Crippen molar-refractivity contribution < 1.29 is 9.90 Å². The van der Waals surface area contributed by atoms with E-state index in [1.165, 1.54) is 43.2 Å². The van der Waals surface area contributed by atoms with Crippen LogP contribution in [0.25, 0.3) is 0 Å². The molecule has 0 radical (unpaired) electrons. The Balaban J connectivity index is 1.92. The fourth-order valence-electron chi connectivity index (χ4n) is 3.72. The molecule has 0 heterocycles. The van der Waals surface area contributed by atoms with Crippen molar-refractivity contribution in [2.75, 3.05) is 0 Å². The maximum atomic E-state index is 11.1. The summed E-state index contributed by atoms with van der Waals surface area (Å²) in [6, 6.07) is 6.36. The summed E-state index contributed by atoms with van der Waals surface area (Å²) in [5.41, 5.74) is 3.87. The topological polar surface area (TPSA) is 37.3 Å². The molecular weight excluding hydrogens is 224 g/mol. The highest BCUT2D eigenvalue weighted by atomic mass is 16.4. The molecule has 1 N–H and O–H groups in total. The van der Waals surface area contributed by atoms with Crippen LogP contribution in [0.2, 0.25) is 0 Å². The Kier molecular flexibility index (Phi) is 2.89. The molecule has 0 spiro atoms. The smallest absolute Gasteiger partial charge is 0.310 e. The molecule has 3 rings (SSSR count). The molecule has 2 aliphatic carbocycles. The van der Waals surface area contributed by atoms with Crippen LogP contribution in [0.5, 0.6) is 0 Å². The van der Waals surface area contributed by atoms with Gasteiger partial charge in [0.2, 0.25) is 0 Å². The average molecular weight is 244 g/mol. The van der Waals surface area contributed by atoms with Crippen molar-refractivity contribution in [3.05, 3.63) is 34.9 Å². The Labute approximate surface area is 108 Å². The molecule has 0 bridgehead atoms. The predicted molar refractivity (Wildman–Crippen MR) is 70.9 cm³/mol. The van der Waals surface area contributed by atoms with Gasteiger partial charge < -0.3 is 5.11 Å². The Hall–Kier alpha value is -1.31. The second-order valence-electron chi connectivity index (χ2n) is 5.87. The summed E-state index contributed by atoms with van der Waals surface area (Å²) < 4.78 is 0. The maximum absolute atomic E-state index is 11.1. The van der Waals surface area contributed by atoms with Crippen LogP contribution in [0.4, 0.5) is 0 Å². The van der Waals surface area contributed by atoms with Gasteiger partial charge in [0.05, 0.1) is 5.92 Å². The first-order valence-electron chi connectivity index (χ1n) is 7.02. The lowest BCUT2D eigenvalue weighted by atomic mass is 9.80. The molecule has 0 aromatic heterocycles. The Bertz CT molecular complexity index is 478. The molecule has 2 aliphatic rings. The van der Waals surface area contributed by atoms with E-state index in [1.807, 2.05) is 6.07 Å². The number of fused-ring (bicyclic) bond motifs is 3. The van der Waals surface area contributed by atoms with E-state index in [-0.39, 0.29) is 0 Å². The van der Waals surface area contributed by atoms with E-state index in [0.717, 1.165) is 17.4 Å². The van der Waals surface area contributed by atoms with Crippen molar-refractivity contribution in [3.8, 4) is 0 Å². The summed E-state index contributed by atoms with van der Waals surface area (Å²) in [7, 11) is 0. The molecule has 1 saturated carbocycles. The Morgan fingerprint density at radius 3 is 2.89 bits per heavy atom. The van der Waals surface area contributed by atoms with Crippen molar-refractivity contribution in [3.63, 3.8) is 0 Å². The Morgan fingerprint density at radius 2 is 2.11 bits per heavy atom. The first-order chi connectivity index (χ1) is 8.66. The molecule has 1 aromatic rings. The van der Waals surface area contributed by atoms with Crippen LogP contribution >= 0.6 is 0 Å². The van der Waals surface area contributed by atoms with Gasteiger partial charge in [0.25, 0.3) is 0 Å². The number of hydrogen-bond acceptors (Lipinski definition) is 1. The lowest BCUT2D eigenvalue weighted by molar-refractivity contribution is -0.138. The number of carboxylic acids is 1. The minimum absolute atomic E-state index is 0.391. The minimum atomic E-state index is -0.731. The average Bonchev–Trinajstić information content (AvgIpc) is 2.75. The maximum Gasteiger partial charge on any atom is 0.310 e. The summed E-state index contributed by atoms with van der Waals surface area (Å²) >= 11 is 0. The molecular formula is C16H20O2. The van der Waals surface area contributed by atoms with E-state index in [2.05, 4.69) is 12.1 Å². The zero-order valence-corrected chi connectivity index (χ0v) is 10.9. The molecule has 2 heteroatoms. The lowest BCUT2D eigenvalue weighted by Gasteiger charge is -2.25. The monoisotopic (exact) mass is 244 g/mol. The summed E-state index contributed by atoms with van der Waals surface area (Å²) in [5, 5.41) is 9.09. The van der Waals surface area contributed by atoms with Gasteiger partial charge in [0.1, 0.15) is 0 Å². The first-order valence-corrected chi connectivity index (χ1v) is 7.02. The van der Waals surface area contributed by atoms with Crippen LogP contribution in [-0.4, -0.2) is 11.1 Å². The summed E-state index contributed by atoms with van der Waals surface area (Å²) in [4.78, 5) is 11.1. The molecule has 96 valence electrons.